The summed E-state index contributed by atoms with van der Waals surface area (Å²) in [5.74, 6) is 1.73. The summed E-state index contributed by atoms with van der Waals surface area (Å²) in [5.41, 5.74) is 0.454. The Morgan fingerprint density at radius 2 is 1.35 bits per heavy atom. The number of hydrogen-bond acceptors (Lipinski definition) is 5. The van der Waals surface area contributed by atoms with Crippen LogP contribution in [-0.4, -0.2) is 18.5 Å². The molecule has 5 nitrogen and oxygen atoms in total. The predicted molar refractivity (Wildman–Crippen MR) is 161 cm³/mol. The second-order valence-electron chi connectivity index (χ2n) is 11.1. The fourth-order valence-electron chi connectivity index (χ4n) is 5.29. The van der Waals surface area contributed by atoms with E-state index in [1.807, 2.05) is 6.08 Å². The Morgan fingerprint density at radius 1 is 0.750 bits per heavy atom. The normalized spacial score (nSPS) is 16.7. The van der Waals surface area contributed by atoms with Crippen LogP contribution in [0.15, 0.2) is 61.2 Å². The molecule has 3 rings (SSSR count). The zero-order chi connectivity index (χ0) is 28.4. The third-order valence-electron chi connectivity index (χ3n) is 7.81. The van der Waals surface area contributed by atoms with Gasteiger partial charge in [0.05, 0.1) is 18.1 Å². The summed E-state index contributed by atoms with van der Waals surface area (Å²) in [5, 5.41) is 0. The maximum absolute atomic E-state index is 12.7. The second-order valence-corrected chi connectivity index (χ2v) is 11.1. The maximum atomic E-state index is 12.7. The van der Waals surface area contributed by atoms with Crippen LogP contribution >= 0.6 is 0 Å². The predicted octanol–water partition coefficient (Wildman–Crippen LogP) is 9.49. The summed E-state index contributed by atoms with van der Waals surface area (Å²) in [7, 11) is 0. The third kappa shape index (κ3) is 11.6. The average Bonchev–Trinajstić information content (AvgIpc) is 2.98. The van der Waals surface area contributed by atoms with E-state index in [-0.39, 0.29) is 11.9 Å². The number of unbranched alkanes of at least 4 members (excludes halogenated alkanes) is 8. The number of esters is 2. The van der Waals surface area contributed by atoms with Gasteiger partial charge in [0.25, 0.3) is 0 Å². The van der Waals surface area contributed by atoms with Crippen molar-refractivity contribution in [3.05, 3.63) is 66.7 Å². The Balaban J connectivity index is 1.34. The molecule has 0 spiro atoms. The Hall–Kier alpha value is -3.08. The SMILES string of the molecule is C=CCCCCCC1CCC(C(=O)Oc2ccc(OC(=O)c3ccc(OCCCCCCCC)cc3)cc2)CC1. The molecule has 0 aliphatic heterocycles. The first-order valence-electron chi connectivity index (χ1n) is 15.5. The molecule has 0 unspecified atom stereocenters. The van der Waals surface area contributed by atoms with Gasteiger partial charge < -0.3 is 14.2 Å². The average molecular weight is 549 g/mol. The van der Waals surface area contributed by atoms with Crippen LogP contribution < -0.4 is 14.2 Å². The molecule has 218 valence electrons. The van der Waals surface area contributed by atoms with E-state index in [9.17, 15) is 9.59 Å². The van der Waals surface area contributed by atoms with E-state index in [2.05, 4.69) is 13.5 Å². The number of rotatable bonds is 18. The quantitative estimate of drug-likeness (QED) is 0.0803. The minimum absolute atomic E-state index is 0.0349. The van der Waals surface area contributed by atoms with E-state index >= 15 is 0 Å². The highest BCUT2D eigenvalue weighted by Crippen LogP contribution is 2.33. The van der Waals surface area contributed by atoms with E-state index < -0.39 is 5.97 Å². The molecule has 0 atom stereocenters. The molecular weight excluding hydrogens is 500 g/mol. The first-order chi connectivity index (χ1) is 19.6. The van der Waals surface area contributed by atoms with Gasteiger partial charge in [-0.05, 0) is 99.4 Å². The lowest BCUT2D eigenvalue weighted by Crippen LogP contribution is -2.25. The van der Waals surface area contributed by atoms with Crippen molar-refractivity contribution < 1.29 is 23.8 Å². The van der Waals surface area contributed by atoms with Crippen LogP contribution in [0.1, 0.15) is 114 Å². The molecule has 40 heavy (non-hydrogen) atoms. The zero-order valence-electron chi connectivity index (χ0n) is 24.4. The van der Waals surface area contributed by atoms with Gasteiger partial charge in [-0.3, -0.25) is 4.79 Å². The lowest BCUT2D eigenvalue weighted by molar-refractivity contribution is -0.140. The van der Waals surface area contributed by atoms with Crippen molar-refractivity contribution in [1.82, 2.24) is 0 Å². The molecule has 1 aliphatic carbocycles. The molecule has 2 aromatic carbocycles. The lowest BCUT2D eigenvalue weighted by atomic mass is 9.80. The molecule has 0 heterocycles. The van der Waals surface area contributed by atoms with Crippen LogP contribution in [0.3, 0.4) is 0 Å². The Labute approximate surface area is 241 Å². The molecule has 1 fully saturated rings. The monoisotopic (exact) mass is 548 g/mol. The van der Waals surface area contributed by atoms with E-state index in [1.165, 1.54) is 57.8 Å². The third-order valence-corrected chi connectivity index (χ3v) is 7.81. The van der Waals surface area contributed by atoms with Gasteiger partial charge in [0.2, 0.25) is 0 Å². The Morgan fingerprint density at radius 3 is 2.02 bits per heavy atom. The molecule has 0 radical (unpaired) electrons. The summed E-state index contributed by atoms with van der Waals surface area (Å²) < 4.78 is 16.9. The van der Waals surface area contributed by atoms with Gasteiger partial charge in [-0.1, -0.05) is 64.4 Å². The van der Waals surface area contributed by atoms with E-state index in [0.717, 1.165) is 50.2 Å². The number of carbonyl (C=O) groups excluding carboxylic acids is 2. The highest BCUT2D eigenvalue weighted by atomic mass is 16.5. The van der Waals surface area contributed by atoms with Crippen molar-refractivity contribution in [2.45, 2.75) is 103 Å². The van der Waals surface area contributed by atoms with Gasteiger partial charge in [0.1, 0.15) is 17.2 Å². The smallest absolute Gasteiger partial charge is 0.343 e. The van der Waals surface area contributed by atoms with Crippen LogP contribution in [0.4, 0.5) is 0 Å². The van der Waals surface area contributed by atoms with Crippen LogP contribution in [0, 0.1) is 11.8 Å². The first kappa shape index (κ1) is 31.4. The van der Waals surface area contributed by atoms with E-state index in [4.69, 9.17) is 14.2 Å². The molecule has 0 bridgehead atoms. The number of benzene rings is 2. The van der Waals surface area contributed by atoms with Gasteiger partial charge in [0, 0.05) is 0 Å². The van der Waals surface area contributed by atoms with Crippen LogP contribution in [0.25, 0.3) is 0 Å². The van der Waals surface area contributed by atoms with Gasteiger partial charge in [-0.25, -0.2) is 4.79 Å². The van der Waals surface area contributed by atoms with Gasteiger partial charge in [0.15, 0.2) is 0 Å². The summed E-state index contributed by atoms with van der Waals surface area (Å²) in [6, 6.07) is 13.7. The van der Waals surface area contributed by atoms with Gasteiger partial charge in [-0.15, -0.1) is 6.58 Å². The van der Waals surface area contributed by atoms with Crippen LogP contribution in [0.5, 0.6) is 17.2 Å². The zero-order valence-corrected chi connectivity index (χ0v) is 24.4. The topological polar surface area (TPSA) is 61.8 Å². The lowest BCUT2D eigenvalue weighted by Gasteiger charge is -2.27. The summed E-state index contributed by atoms with van der Waals surface area (Å²) >= 11 is 0. The molecule has 0 saturated heterocycles. The molecule has 5 heteroatoms. The number of carbonyl (C=O) groups is 2. The van der Waals surface area contributed by atoms with E-state index in [0.29, 0.717) is 23.7 Å². The largest absolute Gasteiger partial charge is 0.494 e. The van der Waals surface area contributed by atoms with Crippen molar-refractivity contribution in [1.29, 1.82) is 0 Å². The Kier molecular flexibility index (Phi) is 14.4. The molecule has 0 amide bonds. The molecule has 1 saturated carbocycles. The van der Waals surface area contributed by atoms with Gasteiger partial charge in [-0.2, -0.15) is 0 Å². The van der Waals surface area contributed by atoms with Crippen LogP contribution in [-0.2, 0) is 4.79 Å². The van der Waals surface area contributed by atoms with Crippen molar-refractivity contribution in [2.75, 3.05) is 6.61 Å². The highest BCUT2D eigenvalue weighted by molar-refractivity contribution is 5.91. The molecular formula is C35H48O5. The van der Waals surface area contributed by atoms with Crippen molar-refractivity contribution in [3.8, 4) is 17.2 Å². The van der Waals surface area contributed by atoms with Crippen LogP contribution in [0.2, 0.25) is 0 Å². The first-order valence-corrected chi connectivity index (χ1v) is 15.5. The number of allylic oxidation sites excluding steroid dienone is 1. The van der Waals surface area contributed by atoms with E-state index in [1.54, 1.807) is 48.5 Å². The standard InChI is InChI=1S/C35H48O5/c1-3-5-7-9-11-13-27-38-31-21-19-30(20-22-31)35(37)40-33-25-23-32(24-26-33)39-34(36)29-17-15-28(16-18-29)14-12-10-8-6-4-2/h4,19-26,28-29H,2-3,5-18,27H2,1H3. The minimum atomic E-state index is -0.440. The highest BCUT2D eigenvalue weighted by Gasteiger charge is 2.27. The molecule has 0 N–H and O–H groups in total. The number of hydrogen-bond donors (Lipinski definition) is 0. The fraction of sp³-hybridized carbons (Fsp3) is 0.543. The summed E-state index contributed by atoms with van der Waals surface area (Å²) in [4.78, 5) is 25.3. The fourth-order valence-corrected chi connectivity index (χ4v) is 5.29. The van der Waals surface area contributed by atoms with Crippen molar-refractivity contribution in [2.24, 2.45) is 11.8 Å². The molecule has 2 aromatic rings. The summed E-state index contributed by atoms with van der Waals surface area (Å²) in [6.45, 7) is 6.69. The number of ether oxygens (including phenoxy) is 3. The van der Waals surface area contributed by atoms with Gasteiger partial charge >= 0.3 is 11.9 Å². The maximum Gasteiger partial charge on any atom is 0.343 e. The van der Waals surface area contributed by atoms with Crippen molar-refractivity contribution in [3.63, 3.8) is 0 Å². The molecule has 1 aliphatic rings. The molecule has 0 aromatic heterocycles. The summed E-state index contributed by atoms with van der Waals surface area (Å²) in [6.07, 6.45) is 19.4. The van der Waals surface area contributed by atoms with Crippen molar-refractivity contribution >= 4 is 11.9 Å². The Bertz CT molecular complexity index is 1000. The second kappa shape index (κ2) is 18.3. The minimum Gasteiger partial charge on any atom is -0.494 e.